The standard InChI is InChI=1S/C31H80O8Si8/c1-25(2)18-45(19-26(3)4,20-27(5)6)38-47(23-30(11)12,24-31(13)14)39-46(21-28(7)8,22-29(9)10)37-44(17-15-16-32)36-43-35-42-34-41-33-40/h25-32,44H,15-24,41-43H2,1-14,40H3. The molecule has 284 valence electrons. The van der Waals surface area contributed by atoms with Crippen molar-refractivity contribution in [3.63, 3.8) is 0 Å². The van der Waals surface area contributed by atoms with Crippen molar-refractivity contribution in [1.82, 2.24) is 0 Å². The Labute approximate surface area is 307 Å². The number of rotatable bonds is 30. The van der Waals surface area contributed by atoms with Gasteiger partial charge in [0.25, 0.3) is 30.0 Å². The van der Waals surface area contributed by atoms with Crippen LogP contribution < -0.4 is 0 Å². The molecule has 8 nitrogen and oxygen atoms in total. The summed E-state index contributed by atoms with van der Waals surface area (Å²) in [5.41, 5.74) is 0. The lowest BCUT2D eigenvalue weighted by atomic mass is 10.2. The van der Waals surface area contributed by atoms with Gasteiger partial charge in [-0.3, -0.25) is 0 Å². The largest absolute Gasteiger partial charge is 0.449 e. The maximum atomic E-state index is 9.84. The Kier molecular flexibility index (Phi) is 26.2. The van der Waals surface area contributed by atoms with Crippen LogP contribution in [-0.2, 0) is 28.8 Å². The highest BCUT2D eigenvalue weighted by molar-refractivity contribution is 6.90. The summed E-state index contributed by atoms with van der Waals surface area (Å²) in [5, 5.41) is 9.84. The minimum atomic E-state index is -2.85. The van der Waals surface area contributed by atoms with Gasteiger partial charge < -0.3 is 33.9 Å². The van der Waals surface area contributed by atoms with E-state index in [-0.39, 0.29) is 6.61 Å². The molecule has 1 N–H and O–H groups in total. The first-order valence-electron chi connectivity index (χ1n) is 18.8. The Morgan fingerprint density at radius 3 is 1.34 bits per heavy atom. The lowest BCUT2D eigenvalue weighted by Gasteiger charge is -2.50. The summed E-state index contributed by atoms with van der Waals surface area (Å²) in [6.07, 6.45) is 0.679. The van der Waals surface area contributed by atoms with Gasteiger partial charge in [-0.05, 0) is 96.2 Å². The Morgan fingerprint density at radius 1 is 0.553 bits per heavy atom. The second kappa shape index (κ2) is 25.4. The van der Waals surface area contributed by atoms with E-state index < -0.39 is 64.7 Å². The highest BCUT2D eigenvalue weighted by Gasteiger charge is 2.55. The Bertz CT molecular complexity index is 731. The van der Waals surface area contributed by atoms with Crippen LogP contribution in [0.15, 0.2) is 0 Å². The van der Waals surface area contributed by atoms with Gasteiger partial charge in [0.1, 0.15) is 10.5 Å². The molecule has 0 fully saturated rings. The SMILES string of the molecule is CC(C)C[Si](CC(C)C)(CC(C)C)O[Si](CC(C)C)(CC(C)C)O[Si](CC(C)C)(CC(C)C)O[SiH](CCCO)O[SiH2]O[SiH2]O[SiH2]O[SiH3]. The van der Waals surface area contributed by atoms with Gasteiger partial charge in [-0.25, -0.2) is 0 Å². The molecule has 47 heavy (non-hydrogen) atoms. The van der Waals surface area contributed by atoms with Crippen LogP contribution in [0.1, 0.15) is 103 Å². The van der Waals surface area contributed by atoms with Crippen LogP contribution in [0, 0.1) is 41.4 Å². The van der Waals surface area contributed by atoms with Crippen molar-refractivity contribution in [2.75, 3.05) is 6.61 Å². The molecule has 0 rings (SSSR count). The lowest BCUT2D eigenvalue weighted by molar-refractivity contribution is 0.255. The molecular weight excluding hydrogens is 725 g/mol. The molecule has 0 bridgehead atoms. The average molecular weight is 806 g/mol. The van der Waals surface area contributed by atoms with Crippen LogP contribution in [0.25, 0.3) is 0 Å². The fraction of sp³-hybridized carbons (Fsp3) is 1.00. The molecule has 0 saturated carbocycles. The zero-order valence-electron chi connectivity index (χ0n) is 33.6. The molecule has 1 unspecified atom stereocenters. The van der Waals surface area contributed by atoms with E-state index in [1.54, 1.807) is 0 Å². The van der Waals surface area contributed by atoms with Crippen molar-refractivity contribution >= 4 is 75.2 Å². The maximum Gasteiger partial charge on any atom is 0.320 e. The third-order valence-corrected chi connectivity index (χ3v) is 33.6. The van der Waals surface area contributed by atoms with Crippen molar-refractivity contribution in [2.45, 2.75) is 152 Å². The minimum Gasteiger partial charge on any atom is -0.449 e. The molecule has 0 heterocycles. The van der Waals surface area contributed by atoms with Crippen LogP contribution in [0.2, 0.25) is 48.4 Å². The Morgan fingerprint density at radius 2 is 0.957 bits per heavy atom. The third kappa shape index (κ3) is 22.9. The summed E-state index contributed by atoms with van der Waals surface area (Å²) in [7, 11) is -12.5. The van der Waals surface area contributed by atoms with E-state index in [1.165, 1.54) is 18.1 Å². The highest BCUT2D eigenvalue weighted by Crippen LogP contribution is 2.43. The Balaban J connectivity index is 7.22. The molecule has 0 spiro atoms. The van der Waals surface area contributed by atoms with Gasteiger partial charge in [0, 0.05) is 6.61 Å². The summed E-state index contributed by atoms with van der Waals surface area (Å²) >= 11 is 0. The minimum absolute atomic E-state index is 0.139. The summed E-state index contributed by atoms with van der Waals surface area (Å²) in [6, 6.07) is 8.17. The lowest BCUT2D eigenvalue weighted by Crippen LogP contribution is -2.63. The number of hydrogen-bond donors (Lipinski definition) is 1. The summed E-state index contributed by atoms with van der Waals surface area (Å²) in [5.74, 6) is 3.56. The summed E-state index contributed by atoms with van der Waals surface area (Å²) in [4.78, 5) is 0. The molecule has 0 aliphatic rings. The van der Waals surface area contributed by atoms with Crippen LogP contribution in [0.5, 0.6) is 0 Å². The first kappa shape index (κ1) is 48.4. The molecule has 0 saturated heterocycles. The molecule has 16 heteroatoms. The van der Waals surface area contributed by atoms with Gasteiger partial charge in [-0.15, -0.1) is 0 Å². The van der Waals surface area contributed by atoms with E-state index in [9.17, 15) is 5.11 Å². The summed E-state index contributed by atoms with van der Waals surface area (Å²) < 4.78 is 47.1. The second-order valence-electron chi connectivity index (χ2n) is 17.0. The van der Waals surface area contributed by atoms with Gasteiger partial charge in [-0.1, -0.05) is 96.9 Å². The second-order valence-corrected chi connectivity index (χ2v) is 37.5. The zero-order valence-corrected chi connectivity index (χ0v) is 44.0. The van der Waals surface area contributed by atoms with Crippen molar-refractivity contribution in [2.24, 2.45) is 41.4 Å². The van der Waals surface area contributed by atoms with Gasteiger partial charge in [-0.2, -0.15) is 0 Å². The average Bonchev–Trinajstić information content (AvgIpc) is 2.85. The molecule has 0 aromatic rings. The predicted octanol–water partition coefficient (Wildman–Crippen LogP) is 5.40. The molecule has 0 aliphatic heterocycles. The fourth-order valence-electron chi connectivity index (χ4n) is 7.39. The fourth-order valence-corrected chi connectivity index (χ4v) is 39.0. The van der Waals surface area contributed by atoms with Crippen LogP contribution in [0.4, 0.5) is 0 Å². The van der Waals surface area contributed by atoms with Crippen LogP contribution in [-0.4, -0.2) is 86.9 Å². The number of hydrogen-bond acceptors (Lipinski definition) is 8. The Hall–Kier alpha value is 1.42. The summed E-state index contributed by atoms with van der Waals surface area (Å²) in [6.45, 7) is 33.1. The van der Waals surface area contributed by atoms with E-state index in [0.29, 0.717) is 47.8 Å². The van der Waals surface area contributed by atoms with E-state index in [0.717, 1.165) is 40.7 Å². The monoisotopic (exact) mass is 804 g/mol. The van der Waals surface area contributed by atoms with Crippen LogP contribution >= 0.6 is 0 Å². The highest BCUT2D eigenvalue weighted by atomic mass is 28.5. The third-order valence-electron chi connectivity index (χ3n) is 7.64. The van der Waals surface area contributed by atoms with E-state index in [2.05, 4.69) is 96.9 Å². The molecule has 0 aliphatic carbocycles. The first-order chi connectivity index (χ1) is 21.8. The molecule has 0 radical (unpaired) electrons. The topological polar surface area (TPSA) is 84.8 Å². The number of aliphatic hydroxyl groups is 1. The molecular formula is C31H80O8Si8. The molecule has 0 aromatic carbocycles. The van der Waals surface area contributed by atoms with Gasteiger partial charge >= 0.3 is 26.4 Å². The van der Waals surface area contributed by atoms with Crippen molar-refractivity contribution in [1.29, 1.82) is 0 Å². The van der Waals surface area contributed by atoms with Gasteiger partial charge in [0.2, 0.25) is 0 Å². The zero-order chi connectivity index (χ0) is 36.3. The van der Waals surface area contributed by atoms with Crippen molar-refractivity contribution in [3.8, 4) is 0 Å². The smallest absolute Gasteiger partial charge is 0.320 e. The predicted molar refractivity (Wildman–Crippen MR) is 222 cm³/mol. The molecule has 0 aromatic heterocycles. The van der Waals surface area contributed by atoms with E-state index in [4.69, 9.17) is 28.8 Å². The van der Waals surface area contributed by atoms with E-state index in [1.807, 2.05) is 0 Å². The van der Waals surface area contributed by atoms with Crippen molar-refractivity contribution in [3.05, 3.63) is 0 Å². The quantitative estimate of drug-likeness (QED) is 0.0764. The first-order valence-corrected chi connectivity index (χ1v) is 31.8. The number of aliphatic hydroxyl groups excluding tert-OH is 1. The maximum absolute atomic E-state index is 9.84. The van der Waals surface area contributed by atoms with E-state index >= 15 is 0 Å². The normalized spacial score (nSPS) is 15.2. The van der Waals surface area contributed by atoms with Gasteiger partial charge in [0.15, 0.2) is 8.32 Å². The van der Waals surface area contributed by atoms with Crippen molar-refractivity contribution < 1.29 is 33.9 Å². The molecule has 1 atom stereocenters. The molecule has 0 amide bonds. The van der Waals surface area contributed by atoms with Gasteiger partial charge in [0.05, 0.1) is 0 Å². The van der Waals surface area contributed by atoms with Crippen LogP contribution in [0.3, 0.4) is 0 Å².